The molecular weight excluding hydrogens is 562 g/mol. The summed E-state index contributed by atoms with van der Waals surface area (Å²) in [6, 6.07) is 0. The van der Waals surface area contributed by atoms with Gasteiger partial charge < -0.3 is 68.6 Å². The second-order valence-corrected chi connectivity index (χ2v) is 9.72. The van der Waals surface area contributed by atoms with Gasteiger partial charge >= 0.3 is 43.4 Å². The molecule has 0 fully saturated rings. The molecule has 0 spiro atoms. The van der Waals surface area contributed by atoms with Crippen molar-refractivity contribution in [2.75, 3.05) is 0 Å². The van der Waals surface area contributed by atoms with Crippen LogP contribution in [0.1, 0.15) is 55.4 Å². The van der Waals surface area contributed by atoms with Crippen LogP contribution in [-0.4, -0.2) is 56.7 Å². The largest absolute Gasteiger partial charge is 2.00 e. The SMILES string of the molecule is CC(C)OC(=O)C(C(=O)OC(C)C)C(=S)[S-].CC(C)OC(=O)C(C(=O)OC(C)C)C(=S)[S-].[Zn+2]. The number of hydrogen-bond acceptors (Lipinski definition) is 12. The fourth-order valence-corrected chi connectivity index (χ4v) is 2.55. The molecule has 33 heavy (non-hydrogen) atoms. The zero-order valence-corrected chi connectivity index (χ0v) is 26.3. The predicted molar refractivity (Wildman–Crippen MR) is 132 cm³/mol. The van der Waals surface area contributed by atoms with Gasteiger partial charge in [-0.15, -0.1) is 8.39 Å². The topological polar surface area (TPSA) is 105 Å². The van der Waals surface area contributed by atoms with Crippen LogP contribution in [0.3, 0.4) is 0 Å². The molecule has 0 aromatic rings. The van der Waals surface area contributed by atoms with Crippen LogP contribution in [0.2, 0.25) is 0 Å². The van der Waals surface area contributed by atoms with Crippen molar-refractivity contribution in [2.45, 2.75) is 79.8 Å². The van der Waals surface area contributed by atoms with Crippen molar-refractivity contribution < 1.29 is 57.6 Å². The monoisotopic (exact) mass is 590 g/mol. The third-order valence-electron chi connectivity index (χ3n) is 2.82. The van der Waals surface area contributed by atoms with Gasteiger partial charge in [0, 0.05) is 0 Å². The maximum atomic E-state index is 11.5. The molecule has 0 aliphatic carbocycles. The molecule has 0 unspecified atom stereocenters. The fraction of sp³-hybridized carbons (Fsp3) is 0.700. The van der Waals surface area contributed by atoms with Crippen LogP contribution in [0.4, 0.5) is 0 Å². The Morgan fingerprint density at radius 2 is 0.667 bits per heavy atom. The summed E-state index contributed by atoms with van der Waals surface area (Å²) in [5.41, 5.74) is 0. The Balaban J connectivity index is -0.000000529. The van der Waals surface area contributed by atoms with E-state index in [9.17, 15) is 19.2 Å². The Hall–Kier alpha value is -0.877. The summed E-state index contributed by atoms with van der Waals surface area (Å²) in [6.45, 7) is 13.4. The molecule has 0 saturated carbocycles. The van der Waals surface area contributed by atoms with E-state index in [1.807, 2.05) is 0 Å². The van der Waals surface area contributed by atoms with Gasteiger partial charge in [-0.25, -0.2) is 0 Å². The standard InChI is InChI=1S/2C10H16O4S2.Zn/c2*1-5(2)13-8(11)7(10(15)16)9(12)14-6(3)4;/h2*5-7H,1-4H3,(H,15,16);/q;;+2/p-2. The van der Waals surface area contributed by atoms with Crippen LogP contribution in [0.25, 0.3) is 0 Å². The van der Waals surface area contributed by atoms with Crippen molar-refractivity contribution in [3.05, 3.63) is 0 Å². The molecule has 0 amide bonds. The van der Waals surface area contributed by atoms with E-state index in [0.717, 1.165) is 0 Å². The Bertz CT molecular complexity index is 594. The molecule has 0 bridgehead atoms. The molecule has 0 atom stereocenters. The van der Waals surface area contributed by atoms with Gasteiger partial charge in [0.05, 0.1) is 24.4 Å². The van der Waals surface area contributed by atoms with Crippen molar-refractivity contribution >= 4 is 82.0 Å². The Labute approximate surface area is 230 Å². The van der Waals surface area contributed by atoms with Gasteiger partial charge in [0.1, 0.15) is 0 Å². The molecule has 0 aromatic carbocycles. The van der Waals surface area contributed by atoms with Crippen molar-refractivity contribution in [3.63, 3.8) is 0 Å². The number of thiocarbonyl (C=S) groups is 2. The van der Waals surface area contributed by atoms with E-state index in [2.05, 4.69) is 49.7 Å². The molecule has 0 rings (SSSR count). The number of carbonyl (C=O) groups excluding carboxylic acids is 4. The van der Waals surface area contributed by atoms with E-state index in [-0.39, 0.29) is 52.3 Å². The Kier molecular flexibility index (Phi) is 20.5. The smallest absolute Gasteiger partial charge is 0.462 e. The Morgan fingerprint density at radius 1 is 0.515 bits per heavy atom. The quantitative estimate of drug-likeness (QED) is 0.0931. The summed E-state index contributed by atoms with van der Waals surface area (Å²) in [5, 5.41) is 0. The molecule has 0 radical (unpaired) electrons. The normalized spacial score (nSPS) is 10.4. The van der Waals surface area contributed by atoms with Crippen LogP contribution in [0.15, 0.2) is 0 Å². The first-order valence-electron chi connectivity index (χ1n) is 9.74. The molecule has 13 heteroatoms. The van der Waals surface area contributed by atoms with Gasteiger partial charge in [0.25, 0.3) is 0 Å². The van der Waals surface area contributed by atoms with Gasteiger partial charge in [0.15, 0.2) is 11.8 Å². The maximum Gasteiger partial charge on any atom is 2.00 e. The van der Waals surface area contributed by atoms with E-state index in [1.165, 1.54) is 0 Å². The summed E-state index contributed by atoms with van der Waals surface area (Å²) in [6.07, 6.45) is -1.31. The summed E-state index contributed by atoms with van der Waals surface area (Å²) in [5.74, 6) is -5.56. The van der Waals surface area contributed by atoms with Gasteiger partial charge in [-0.05, 0) is 55.4 Å². The molecular formula is C20H30O8S4Zn. The number of carbonyl (C=O) groups is 4. The van der Waals surface area contributed by atoms with Gasteiger partial charge in [0.2, 0.25) is 0 Å². The van der Waals surface area contributed by atoms with Gasteiger partial charge in [-0.2, -0.15) is 0 Å². The fourth-order valence-electron chi connectivity index (χ4n) is 1.78. The zero-order valence-electron chi connectivity index (χ0n) is 20.1. The summed E-state index contributed by atoms with van der Waals surface area (Å²) < 4.78 is 19.2. The van der Waals surface area contributed by atoms with Crippen LogP contribution in [-0.2, 0) is 82.9 Å². The van der Waals surface area contributed by atoms with E-state index < -0.39 is 35.7 Å². The van der Waals surface area contributed by atoms with Crippen molar-refractivity contribution in [3.8, 4) is 0 Å². The maximum absolute atomic E-state index is 11.5. The molecule has 0 N–H and O–H groups in total. The first-order valence-corrected chi connectivity index (χ1v) is 11.4. The minimum absolute atomic E-state index is 0. The molecule has 8 nitrogen and oxygen atoms in total. The zero-order chi connectivity index (χ0) is 25.8. The van der Waals surface area contributed by atoms with Crippen LogP contribution < -0.4 is 0 Å². The molecule has 0 aliphatic rings. The van der Waals surface area contributed by atoms with Crippen molar-refractivity contribution in [2.24, 2.45) is 11.8 Å². The summed E-state index contributed by atoms with van der Waals surface area (Å²) >= 11 is 18.8. The van der Waals surface area contributed by atoms with E-state index in [0.29, 0.717) is 0 Å². The predicted octanol–water partition coefficient (Wildman–Crippen LogP) is 2.76. The number of esters is 4. The van der Waals surface area contributed by atoms with Crippen LogP contribution in [0.5, 0.6) is 0 Å². The summed E-state index contributed by atoms with van der Waals surface area (Å²) in [4.78, 5) is 46.2. The van der Waals surface area contributed by atoms with E-state index in [1.54, 1.807) is 55.4 Å². The van der Waals surface area contributed by atoms with Gasteiger partial charge in [-0.3, -0.25) is 19.2 Å². The molecule has 0 heterocycles. The molecule has 0 aromatic heterocycles. The minimum atomic E-state index is -1.28. The van der Waals surface area contributed by atoms with Crippen LogP contribution in [0, 0.1) is 11.8 Å². The van der Waals surface area contributed by atoms with Gasteiger partial charge in [-0.1, -0.05) is 0 Å². The van der Waals surface area contributed by atoms with E-state index >= 15 is 0 Å². The first-order chi connectivity index (χ1) is 14.5. The Morgan fingerprint density at radius 3 is 0.758 bits per heavy atom. The number of hydrogen-bond donors (Lipinski definition) is 0. The summed E-state index contributed by atoms with van der Waals surface area (Å²) in [7, 11) is 0. The second-order valence-electron chi connectivity index (χ2n) is 7.45. The molecule has 184 valence electrons. The van der Waals surface area contributed by atoms with Crippen LogP contribution >= 0.6 is 24.4 Å². The number of ether oxygens (including phenoxy) is 4. The third-order valence-corrected chi connectivity index (χ3v) is 3.76. The molecule has 0 saturated heterocycles. The number of rotatable bonds is 10. The van der Waals surface area contributed by atoms with Crippen molar-refractivity contribution in [1.82, 2.24) is 0 Å². The third kappa shape index (κ3) is 17.2. The molecule has 0 aliphatic heterocycles. The average Bonchev–Trinajstić information content (AvgIpc) is 2.51. The average molecular weight is 592 g/mol. The second kappa shape index (κ2) is 18.5. The first kappa shape index (κ1) is 36.7. The van der Waals surface area contributed by atoms with Crippen molar-refractivity contribution in [1.29, 1.82) is 0 Å². The minimum Gasteiger partial charge on any atom is -0.462 e. The van der Waals surface area contributed by atoms with E-state index in [4.69, 9.17) is 18.9 Å².